The Labute approximate surface area is 191 Å². The maximum absolute atomic E-state index is 13.3. The number of anilines is 1. The van der Waals surface area contributed by atoms with Crippen LogP contribution in [0.2, 0.25) is 0 Å². The van der Waals surface area contributed by atoms with E-state index in [4.69, 9.17) is 9.47 Å². The van der Waals surface area contributed by atoms with E-state index in [0.29, 0.717) is 5.56 Å². The molecule has 0 radical (unpaired) electrons. The number of carbonyl (C=O) groups is 3. The summed E-state index contributed by atoms with van der Waals surface area (Å²) < 4.78 is 11.2. The van der Waals surface area contributed by atoms with Crippen molar-refractivity contribution in [1.82, 2.24) is 0 Å². The van der Waals surface area contributed by atoms with Crippen molar-refractivity contribution in [2.45, 2.75) is 77.6 Å². The molecule has 0 heterocycles. The second-order valence-electron chi connectivity index (χ2n) is 11.0. The van der Waals surface area contributed by atoms with Crippen LogP contribution in [0.4, 0.5) is 5.69 Å². The van der Waals surface area contributed by atoms with Crippen LogP contribution in [0.1, 0.15) is 66.4 Å². The minimum Gasteiger partial charge on any atom is -0.460 e. The van der Waals surface area contributed by atoms with E-state index < -0.39 is 52.3 Å². The molecule has 7 nitrogen and oxygen atoms in total. The third-order valence-corrected chi connectivity index (χ3v) is 5.38. The van der Waals surface area contributed by atoms with Gasteiger partial charge < -0.3 is 19.5 Å². The van der Waals surface area contributed by atoms with E-state index in [0.717, 1.165) is 5.69 Å². The quantitative estimate of drug-likeness (QED) is 0.558. The number of aliphatic hydroxyl groups is 1. The molecule has 4 atom stereocenters. The summed E-state index contributed by atoms with van der Waals surface area (Å²) in [5, 5.41) is 11.2. The Balaban J connectivity index is 2.64. The largest absolute Gasteiger partial charge is 0.460 e. The van der Waals surface area contributed by atoms with Gasteiger partial charge in [-0.2, -0.15) is 0 Å². The van der Waals surface area contributed by atoms with Gasteiger partial charge in [-0.25, -0.2) is 0 Å². The van der Waals surface area contributed by atoms with Crippen molar-refractivity contribution in [1.29, 1.82) is 0 Å². The van der Waals surface area contributed by atoms with Gasteiger partial charge in [-0.3, -0.25) is 14.4 Å². The number of hydrogen-bond donors (Lipinski definition) is 1. The second-order valence-corrected chi connectivity index (χ2v) is 11.0. The first-order chi connectivity index (χ1) is 14.4. The highest BCUT2D eigenvalue weighted by Crippen LogP contribution is 2.47. The van der Waals surface area contributed by atoms with E-state index in [1.807, 2.05) is 31.1 Å². The van der Waals surface area contributed by atoms with Crippen LogP contribution in [0.3, 0.4) is 0 Å². The smallest absolute Gasteiger partial charge is 0.317 e. The van der Waals surface area contributed by atoms with Crippen LogP contribution in [0, 0.1) is 11.8 Å². The van der Waals surface area contributed by atoms with E-state index in [1.54, 1.807) is 53.7 Å². The first kappa shape index (κ1) is 25.8. The van der Waals surface area contributed by atoms with E-state index in [1.165, 1.54) is 6.92 Å². The number of nitrogens with zero attached hydrogens (tertiary/aromatic N) is 1. The lowest BCUT2D eigenvalue weighted by Crippen LogP contribution is -2.56. The molecule has 1 N–H and O–H groups in total. The molecule has 178 valence electrons. The van der Waals surface area contributed by atoms with Crippen molar-refractivity contribution in [3.63, 3.8) is 0 Å². The number of Topliss-reactive ketones (excluding diaryl/α,β-unsaturated/α-hetero) is 1. The fourth-order valence-corrected chi connectivity index (χ4v) is 4.14. The molecule has 1 aromatic carbocycles. The Morgan fingerprint density at radius 2 is 1.44 bits per heavy atom. The van der Waals surface area contributed by atoms with E-state index in [2.05, 4.69) is 0 Å². The molecule has 1 aliphatic carbocycles. The van der Waals surface area contributed by atoms with Crippen molar-refractivity contribution in [2.24, 2.45) is 11.8 Å². The summed E-state index contributed by atoms with van der Waals surface area (Å²) in [7, 11) is 3.80. The molecular formula is C25H37NO6. The van der Waals surface area contributed by atoms with Crippen LogP contribution in [0.5, 0.6) is 0 Å². The summed E-state index contributed by atoms with van der Waals surface area (Å²) in [5.74, 6) is -5.07. The average Bonchev–Trinajstić information content (AvgIpc) is 2.56. The Morgan fingerprint density at radius 3 is 1.88 bits per heavy atom. The van der Waals surface area contributed by atoms with Crippen molar-refractivity contribution >= 4 is 23.4 Å². The molecule has 7 heteroatoms. The van der Waals surface area contributed by atoms with Crippen molar-refractivity contribution in [3.05, 3.63) is 29.8 Å². The Hall–Kier alpha value is -2.41. The normalized spacial score (nSPS) is 26.4. The zero-order chi connectivity index (χ0) is 24.6. The third-order valence-electron chi connectivity index (χ3n) is 5.38. The van der Waals surface area contributed by atoms with E-state index in [-0.39, 0.29) is 6.42 Å². The van der Waals surface area contributed by atoms with E-state index >= 15 is 0 Å². The SMILES string of the molecule is CN(C)c1ccc(C2C(C(=O)OC(C)(C)C)C(=O)CC(C)(O)C2C(=O)OC(C)(C)C)cc1. The molecule has 0 saturated heterocycles. The zero-order valence-corrected chi connectivity index (χ0v) is 20.7. The minimum absolute atomic E-state index is 0.340. The van der Waals surface area contributed by atoms with Crippen LogP contribution in [0.15, 0.2) is 24.3 Å². The van der Waals surface area contributed by atoms with Crippen LogP contribution in [0.25, 0.3) is 0 Å². The summed E-state index contributed by atoms with van der Waals surface area (Å²) in [6, 6.07) is 7.26. The molecule has 0 spiro atoms. The van der Waals surface area contributed by atoms with Gasteiger partial charge in [0.25, 0.3) is 0 Å². The molecule has 1 aliphatic rings. The molecule has 2 rings (SSSR count). The van der Waals surface area contributed by atoms with Crippen molar-refractivity contribution < 1.29 is 29.0 Å². The van der Waals surface area contributed by atoms with Gasteiger partial charge in [0.2, 0.25) is 0 Å². The number of hydrogen-bond acceptors (Lipinski definition) is 7. The lowest BCUT2D eigenvalue weighted by molar-refractivity contribution is -0.182. The molecule has 4 unspecified atom stereocenters. The van der Waals surface area contributed by atoms with Gasteiger partial charge in [-0.05, 0) is 66.2 Å². The molecule has 1 aromatic rings. The zero-order valence-electron chi connectivity index (χ0n) is 20.7. The Bertz CT molecular complexity index is 858. The van der Waals surface area contributed by atoms with Gasteiger partial charge in [0.1, 0.15) is 17.1 Å². The van der Waals surface area contributed by atoms with Gasteiger partial charge in [-0.15, -0.1) is 0 Å². The van der Waals surface area contributed by atoms with Crippen LogP contribution in [-0.2, 0) is 23.9 Å². The standard InChI is InChI=1S/C25H37NO6/c1-23(2,3)31-21(28)19-17(27)14-25(7,30)20(22(29)32-24(4,5)6)18(19)15-10-12-16(13-11-15)26(8)9/h10-13,18-20,30H,14H2,1-9H3. The van der Waals surface area contributed by atoms with Crippen molar-refractivity contribution in [3.8, 4) is 0 Å². The molecule has 1 fully saturated rings. The molecule has 1 saturated carbocycles. The molecule has 0 aliphatic heterocycles. The Kier molecular flexibility index (Phi) is 7.15. The van der Waals surface area contributed by atoms with Gasteiger partial charge in [-0.1, -0.05) is 12.1 Å². The first-order valence-electron chi connectivity index (χ1n) is 10.9. The summed E-state index contributed by atoms with van der Waals surface area (Å²) in [6.07, 6.45) is -0.340. The summed E-state index contributed by atoms with van der Waals surface area (Å²) >= 11 is 0. The summed E-state index contributed by atoms with van der Waals surface area (Å²) in [4.78, 5) is 41.5. The number of ketones is 1. The molecule has 0 bridgehead atoms. The van der Waals surface area contributed by atoms with Gasteiger partial charge in [0, 0.05) is 32.1 Å². The van der Waals surface area contributed by atoms with Crippen LogP contribution >= 0.6 is 0 Å². The predicted molar refractivity (Wildman–Crippen MR) is 122 cm³/mol. The topological polar surface area (TPSA) is 93.1 Å². The van der Waals surface area contributed by atoms with Gasteiger partial charge in [0.05, 0.1) is 11.5 Å². The molecule has 0 aromatic heterocycles. The fourth-order valence-electron chi connectivity index (χ4n) is 4.14. The number of ether oxygens (including phenoxy) is 2. The second kappa shape index (κ2) is 8.85. The van der Waals surface area contributed by atoms with Gasteiger partial charge >= 0.3 is 11.9 Å². The van der Waals surface area contributed by atoms with Crippen molar-refractivity contribution in [2.75, 3.05) is 19.0 Å². The lowest BCUT2D eigenvalue weighted by atomic mass is 9.61. The van der Waals surface area contributed by atoms with Gasteiger partial charge in [0.15, 0.2) is 5.78 Å². The van der Waals surface area contributed by atoms with Crippen LogP contribution < -0.4 is 4.90 Å². The maximum atomic E-state index is 13.3. The van der Waals surface area contributed by atoms with E-state index in [9.17, 15) is 19.5 Å². The average molecular weight is 448 g/mol. The predicted octanol–water partition coefficient (Wildman–Crippen LogP) is 3.48. The number of carbonyl (C=O) groups excluding carboxylic acids is 3. The number of esters is 2. The third kappa shape index (κ3) is 6.09. The number of benzene rings is 1. The number of rotatable bonds is 4. The lowest BCUT2D eigenvalue weighted by Gasteiger charge is -2.44. The highest BCUT2D eigenvalue weighted by Gasteiger charge is 2.57. The van der Waals surface area contributed by atoms with Crippen LogP contribution in [-0.4, -0.2) is 53.7 Å². The summed E-state index contributed by atoms with van der Waals surface area (Å²) in [5.41, 5.74) is -1.77. The minimum atomic E-state index is -1.68. The monoisotopic (exact) mass is 447 g/mol. The Morgan fingerprint density at radius 1 is 0.969 bits per heavy atom. The highest BCUT2D eigenvalue weighted by atomic mass is 16.6. The molecule has 32 heavy (non-hydrogen) atoms. The molecule has 0 amide bonds. The fraction of sp³-hybridized carbons (Fsp3) is 0.640. The first-order valence-corrected chi connectivity index (χ1v) is 10.9. The molecular weight excluding hydrogens is 410 g/mol. The highest BCUT2D eigenvalue weighted by molar-refractivity contribution is 6.03. The maximum Gasteiger partial charge on any atom is 0.317 e. The summed E-state index contributed by atoms with van der Waals surface area (Å²) in [6.45, 7) is 11.8.